The molecule has 102 valence electrons. The fourth-order valence-electron chi connectivity index (χ4n) is 1.95. The first-order chi connectivity index (χ1) is 9.60. The van der Waals surface area contributed by atoms with E-state index in [-0.39, 0.29) is 0 Å². The van der Waals surface area contributed by atoms with Gasteiger partial charge in [-0.1, -0.05) is 12.1 Å². The summed E-state index contributed by atoms with van der Waals surface area (Å²) in [6.07, 6.45) is -0.605. The Balaban J connectivity index is 2.00. The summed E-state index contributed by atoms with van der Waals surface area (Å²) < 4.78 is 0. The van der Waals surface area contributed by atoms with Gasteiger partial charge in [-0.25, -0.2) is 0 Å². The van der Waals surface area contributed by atoms with Crippen LogP contribution in [0, 0.1) is 18.3 Å². The van der Waals surface area contributed by atoms with Crippen molar-refractivity contribution in [3.8, 4) is 6.07 Å². The summed E-state index contributed by atoms with van der Waals surface area (Å²) in [7, 11) is 0. The van der Waals surface area contributed by atoms with Crippen molar-refractivity contribution in [2.75, 3.05) is 17.6 Å². The second kappa shape index (κ2) is 6.09. The lowest BCUT2D eigenvalue weighted by molar-refractivity contribution is 0.191. The fourth-order valence-corrected chi connectivity index (χ4v) is 1.95. The Kier molecular flexibility index (Phi) is 4.24. The number of aryl methyl sites for hydroxylation is 1. The van der Waals surface area contributed by atoms with Crippen LogP contribution in [-0.4, -0.2) is 11.7 Å². The Morgan fingerprint density at radius 3 is 2.55 bits per heavy atom. The average molecular weight is 267 g/mol. The quantitative estimate of drug-likeness (QED) is 0.744. The fraction of sp³-hybridized carbons (Fsp3) is 0.188. The van der Waals surface area contributed by atoms with Gasteiger partial charge in [-0.15, -0.1) is 0 Å². The van der Waals surface area contributed by atoms with E-state index in [1.807, 2.05) is 31.2 Å². The molecule has 2 aromatic rings. The van der Waals surface area contributed by atoms with Crippen molar-refractivity contribution < 1.29 is 5.11 Å². The maximum absolute atomic E-state index is 10.1. The van der Waals surface area contributed by atoms with Gasteiger partial charge in [0.25, 0.3) is 0 Å². The van der Waals surface area contributed by atoms with Crippen LogP contribution in [0.4, 0.5) is 11.4 Å². The van der Waals surface area contributed by atoms with Crippen LogP contribution < -0.4 is 11.1 Å². The van der Waals surface area contributed by atoms with E-state index in [9.17, 15) is 5.11 Å². The Bertz CT molecular complexity index is 629. The smallest absolute Gasteiger partial charge is 0.0994 e. The molecule has 4 nitrogen and oxygen atoms in total. The largest absolute Gasteiger partial charge is 0.399 e. The minimum absolute atomic E-state index is 0.398. The van der Waals surface area contributed by atoms with E-state index in [0.29, 0.717) is 17.8 Å². The van der Waals surface area contributed by atoms with Crippen molar-refractivity contribution in [2.45, 2.75) is 13.0 Å². The van der Waals surface area contributed by atoms with Gasteiger partial charge in [-0.05, 0) is 48.4 Å². The van der Waals surface area contributed by atoms with Gasteiger partial charge in [0.15, 0.2) is 0 Å². The lowest BCUT2D eigenvalue weighted by Crippen LogP contribution is -2.12. The number of nitrogen functional groups attached to an aromatic ring is 1. The summed E-state index contributed by atoms with van der Waals surface area (Å²) in [5.74, 6) is 0. The van der Waals surface area contributed by atoms with E-state index in [1.54, 1.807) is 18.2 Å². The molecule has 0 aliphatic rings. The van der Waals surface area contributed by atoms with Crippen LogP contribution in [0.15, 0.2) is 42.5 Å². The molecule has 2 aromatic carbocycles. The molecule has 1 atom stereocenters. The number of aliphatic hydroxyl groups is 1. The number of benzene rings is 2. The van der Waals surface area contributed by atoms with Gasteiger partial charge in [-0.2, -0.15) is 5.26 Å². The summed E-state index contributed by atoms with van der Waals surface area (Å²) in [5, 5.41) is 22.1. The molecule has 0 bridgehead atoms. The second-order valence-electron chi connectivity index (χ2n) is 4.70. The number of nitriles is 1. The number of aliphatic hydroxyl groups excluding tert-OH is 1. The van der Waals surface area contributed by atoms with Crippen LogP contribution in [-0.2, 0) is 0 Å². The highest BCUT2D eigenvalue weighted by Crippen LogP contribution is 2.18. The van der Waals surface area contributed by atoms with Crippen LogP contribution in [0.1, 0.15) is 22.8 Å². The third-order valence-corrected chi connectivity index (χ3v) is 3.17. The highest BCUT2D eigenvalue weighted by molar-refractivity contribution is 5.51. The number of nitrogens with two attached hydrogens (primary N) is 1. The molecule has 0 aliphatic heterocycles. The molecule has 1 unspecified atom stereocenters. The highest BCUT2D eigenvalue weighted by atomic mass is 16.3. The first kappa shape index (κ1) is 13.9. The molecule has 4 N–H and O–H groups in total. The SMILES string of the molecule is Cc1cc(NCC(O)c2ccc(N)cc2)ccc1C#N. The first-order valence-electron chi connectivity index (χ1n) is 6.38. The number of hydrogen-bond donors (Lipinski definition) is 3. The van der Waals surface area contributed by atoms with Gasteiger partial charge >= 0.3 is 0 Å². The van der Waals surface area contributed by atoms with E-state index >= 15 is 0 Å². The van der Waals surface area contributed by atoms with Crippen LogP contribution in [0.3, 0.4) is 0 Å². The van der Waals surface area contributed by atoms with Crippen molar-refractivity contribution >= 4 is 11.4 Å². The zero-order valence-corrected chi connectivity index (χ0v) is 11.3. The Morgan fingerprint density at radius 1 is 1.25 bits per heavy atom. The zero-order valence-electron chi connectivity index (χ0n) is 11.3. The van der Waals surface area contributed by atoms with E-state index < -0.39 is 6.10 Å². The molecule has 0 heterocycles. The summed E-state index contributed by atoms with van der Waals surface area (Å²) in [6.45, 7) is 2.29. The molecule has 0 fully saturated rings. The predicted octanol–water partition coefficient (Wildman–Crippen LogP) is 2.59. The molecule has 0 saturated carbocycles. The van der Waals surface area contributed by atoms with Gasteiger partial charge in [-0.3, -0.25) is 0 Å². The van der Waals surface area contributed by atoms with E-state index in [1.165, 1.54) is 0 Å². The third kappa shape index (κ3) is 3.28. The molecule has 0 spiro atoms. The van der Waals surface area contributed by atoms with Gasteiger partial charge < -0.3 is 16.2 Å². The maximum atomic E-state index is 10.1. The van der Waals surface area contributed by atoms with Crippen molar-refractivity contribution in [2.24, 2.45) is 0 Å². The number of nitrogens with zero attached hydrogens (tertiary/aromatic N) is 1. The number of anilines is 2. The molecule has 4 heteroatoms. The molecule has 0 aliphatic carbocycles. The van der Waals surface area contributed by atoms with E-state index in [2.05, 4.69) is 11.4 Å². The molecular weight excluding hydrogens is 250 g/mol. The normalized spacial score (nSPS) is 11.7. The first-order valence-corrected chi connectivity index (χ1v) is 6.38. The topological polar surface area (TPSA) is 82.1 Å². The van der Waals surface area contributed by atoms with Crippen LogP contribution in [0.25, 0.3) is 0 Å². The van der Waals surface area contributed by atoms with Crippen LogP contribution in [0.2, 0.25) is 0 Å². The van der Waals surface area contributed by atoms with E-state index in [4.69, 9.17) is 11.0 Å². The average Bonchev–Trinajstić information content (AvgIpc) is 2.45. The summed E-state index contributed by atoms with van der Waals surface area (Å²) in [4.78, 5) is 0. The van der Waals surface area contributed by atoms with Gasteiger partial charge in [0.05, 0.1) is 17.7 Å². The lowest BCUT2D eigenvalue weighted by Gasteiger charge is -2.14. The predicted molar refractivity (Wildman–Crippen MR) is 80.2 cm³/mol. The molecular formula is C16H17N3O. The molecule has 0 radical (unpaired) electrons. The Labute approximate surface area is 118 Å². The van der Waals surface area contributed by atoms with Crippen molar-refractivity contribution in [3.05, 3.63) is 59.2 Å². The molecule has 20 heavy (non-hydrogen) atoms. The maximum Gasteiger partial charge on any atom is 0.0994 e. The summed E-state index contributed by atoms with van der Waals surface area (Å²) >= 11 is 0. The summed E-state index contributed by atoms with van der Waals surface area (Å²) in [5.41, 5.74) is 9.57. The summed E-state index contributed by atoms with van der Waals surface area (Å²) in [6, 6.07) is 14.8. The van der Waals surface area contributed by atoms with E-state index in [0.717, 1.165) is 16.8 Å². The third-order valence-electron chi connectivity index (χ3n) is 3.17. The Hall–Kier alpha value is -2.51. The van der Waals surface area contributed by atoms with Crippen LogP contribution >= 0.6 is 0 Å². The van der Waals surface area contributed by atoms with Crippen molar-refractivity contribution in [3.63, 3.8) is 0 Å². The van der Waals surface area contributed by atoms with Crippen molar-refractivity contribution in [1.82, 2.24) is 0 Å². The number of hydrogen-bond acceptors (Lipinski definition) is 4. The lowest BCUT2D eigenvalue weighted by atomic mass is 10.1. The minimum atomic E-state index is -0.605. The Morgan fingerprint density at radius 2 is 1.95 bits per heavy atom. The van der Waals surface area contributed by atoms with Crippen molar-refractivity contribution in [1.29, 1.82) is 5.26 Å². The van der Waals surface area contributed by atoms with Gasteiger partial charge in [0, 0.05) is 17.9 Å². The molecule has 0 saturated heterocycles. The van der Waals surface area contributed by atoms with Gasteiger partial charge in [0.2, 0.25) is 0 Å². The molecule has 0 amide bonds. The zero-order chi connectivity index (χ0) is 14.5. The standard InChI is InChI=1S/C16H17N3O/c1-11-8-15(7-4-13(11)9-17)19-10-16(20)12-2-5-14(18)6-3-12/h2-8,16,19-20H,10,18H2,1H3. The minimum Gasteiger partial charge on any atom is -0.399 e. The molecule has 2 rings (SSSR count). The van der Waals surface area contributed by atoms with Crippen LogP contribution in [0.5, 0.6) is 0 Å². The number of rotatable bonds is 4. The highest BCUT2D eigenvalue weighted by Gasteiger charge is 2.07. The number of nitrogens with one attached hydrogen (secondary N) is 1. The van der Waals surface area contributed by atoms with Gasteiger partial charge in [0.1, 0.15) is 0 Å². The monoisotopic (exact) mass is 267 g/mol. The molecule has 0 aromatic heterocycles. The second-order valence-corrected chi connectivity index (χ2v) is 4.70.